The van der Waals surface area contributed by atoms with Gasteiger partial charge in [-0.1, -0.05) is 0 Å². The van der Waals surface area contributed by atoms with E-state index < -0.39 is 0 Å². The molecular weight excluding hydrogens is 228 g/mol. The van der Waals surface area contributed by atoms with Crippen LogP contribution in [0.2, 0.25) is 0 Å². The topological polar surface area (TPSA) is 47.7 Å². The Morgan fingerprint density at radius 1 is 1.33 bits per heavy atom. The second kappa shape index (κ2) is 4.05. The van der Waals surface area contributed by atoms with Gasteiger partial charge in [-0.05, 0) is 44.9 Å². The molecule has 2 aliphatic rings. The summed E-state index contributed by atoms with van der Waals surface area (Å²) in [5.74, 6) is 2.26. The van der Waals surface area contributed by atoms with Gasteiger partial charge >= 0.3 is 0 Å². The number of hydrogen-bond acceptors (Lipinski definition) is 4. The maximum Gasteiger partial charge on any atom is 0.231 e. The highest BCUT2D eigenvalue weighted by atomic mass is 16.7. The normalized spacial score (nSPS) is 24.6. The zero-order valence-electron chi connectivity index (χ0n) is 11.0. The van der Waals surface area contributed by atoms with Crippen molar-refractivity contribution in [2.45, 2.75) is 25.8 Å². The van der Waals surface area contributed by atoms with Crippen molar-refractivity contribution in [3.8, 4) is 11.5 Å². The molecule has 4 nitrogen and oxygen atoms in total. The third-order valence-electron chi connectivity index (χ3n) is 3.96. The smallest absolute Gasteiger partial charge is 0.231 e. The highest BCUT2D eigenvalue weighted by Gasteiger charge is 2.38. The standard InChI is InChI=1S/C14H20N2O2/c1-14(2)6-10(7-15)8-16(14)11-3-4-12-13(5-11)18-9-17-12/h3-5,10H,6-9,15H2,1-2H3. The first-order valence-corrected chi connectivity index (χ1v) is 6.47. The molecule has 1 aromatic carbocycles. The summed E-state index contributed by atoms with van der Waals surface area (Å²) < 4.78 is 10.8. The van der Waals surface area contributed by atoms with Crippen LogP contribution >= 0.6 is 0 Å². The van der Waals surface area contributed by atoms with Crippen LogP contribution in [0, 0.1) is 5.92 Å². The Morgan fingerprint density at radius 2 is 2.11 bits per heavy atom. The molecule has 0 spiro atoms. The molecule has 18 heavy (non-hydrogen) atoms. The lowest BCUT2D eigenvalue weighted by Crippen LogP contribution is -2.38. The van der Waals surface area contributed by atoms with Crippen LogP contribution in [-0.4, -0.2) is 25.4 Å². The van der Waals surface area contributed by atoms with Gasteiger partial charge in [-0.25, -0.2) is 0 Å². The maximum atomic E-state index is 5.81. The Balaban J connectivity index is 1.90. The molecule has 1 atom stereocenters. The molecule has 3 rings (SSSR count). The molecule has 1 saturated heterocycles. The first-order chi connectivity index (χ1) is 8.60. The number of rotatable bonds is 2. The van der Waals surface area contributed by atoms with E-state index in [2.05, 4.69) is 30.9 Å². The van der Waals surface area contributed by atoms with Crippen LogP contribution < -0.4 is 20.1 Å². The van der Waals surface area contributed by atoms with Crippen molar-refractivity contribution in [2.75, 3.05) is 24.8 Å². The van der Waals surface area contributed by atoms with Crippen molar-refractivity contribution in [1.29, 1.82) is 0 Å². The Hall–Kier alpha value is -1.42. The van der Waals surface area contributed by atoms with E-state index in [0.717, 1.165) is 31.0 Å². The van der Waals surface area contributed by atoms with E-state index in [0.29, 0.717) is 12.7 Å². The Morgan fingerprint density at radius 3 is 2.83 bits per heavy atom. The van der Waals surface area contributed by atoms with Gasteiger partial charge in [0.05, 0.1) is 0 Å². The first-order valence-electron chi connectivity index (χ1n) is 6.47. The monoisotopic (exact) mass is 248 g/mol. The van der Waals surface area contributed by atoms with Crippen LogP contribution in [0.1, 0.15) is 20.3 Å². The van der Waals surface area contributed by atoms with Gasteiger partial charge < -0.3 is 20.1 Å². The fourth-order valence-corrected chi connectivity index (χ4v) is 3.05. The number of nitrogens with two attached hydrogens (primary N) is 1. The van der Waals surface area contributed by atoms with Crippen molar-refractivity contribution in [3.63, 3.8) is 0 Å². The molecule has 0 saturated carbocycles. The summed E-state index contributed by atoms with van der Waals surface area (Å²) in [4.78, 5) is 2.42. The fraction of sp³-hybridized carbons (Fsp3) is 0.571. The lowest BCUT2D eigenvalue weighted by atomic mass is 9.96. The van der Waals surface area contributed by atoms with E-state index in [1.54, 1.807) is 0 Å². The fourth-order valence-electron chi connectivity index (χ4n) is 3.05. The minimum Gasteiger partial charge on any atom is -0.454 e. The van der Waals surface area contributed by atoms with Crippen molar-refractivity contribution in [1.82, 2.24) is 0 Å². The number of anilines is 1. The summed E-state index contributed by atoms with van der Waals surface area (Å²) in [6.45, 7) is 6.64. The van der Waals surface area contributed by atoms with Crippen LogP contribution in [-0.2, 0) is 0 Å². The number of hydrogen-bond donors (Lipinski definition) is 1. The molecule has 2 heterocycles. The Bertz CT molecular complexity index is 459. The summed E-state index contributed by atoms with van der Waals surface area (Å²) >= 11 is 0. The molecule has 0 aromatic heterocycles. The SMILES string of the molecule is CC1(C)CC(CN)CN1c1ccc2c(c1)OCO2. The minimum atomic E-state index is 0.151. The highest BCUT2D eigenvalue weighted by molar-refractivity contribution is 5.59. The third-order valence-corrected chi connectivity index (χ3v) is 3.96. The molecule has 2 N–H and O–H groups in total. The predicted octanol–water partition coefficient (Wildman–Crippen LogP) is 1.98. The first kappa shape index (κ1) is 11.7. The second-order valence-electron chi connectivity index (χ2n) is 5.77. The average Bonchev–Trinajstić information content (AvgIpc) is 2.91. The van der Waals surface area contributed by atoms with Crippen molar-refractivity contribution < 1.29 is 9.47 Å². The van der Waals surface area contributed by atoms with Crippen LogP contribution in [0.5, 0.6) is 11.5 Å². The van der Waals surface area contributed by atoms with Gasteiger partial charge in [0.1, 0.15) is 0 Å². The zero-order chi connectivity index (χ0) is 12.8. The second-order valence-corrected chi connectivity index (χ2v) is 5.77. The summed E-state index contributed by atoms with van der Waals surface area (Å²) in [5.41, 5.74) is 7.16. The van der Waals surface area contributed by atoms with E-state index in [4.69, 9.17) is 15.2 Å². The molecule has 0 radical (unpaired) electrons. The Labute approximate surface area is 108 Å². The van der Waals surface area contributed by atoms with Crippen LogP contribution in [0.25, 0.3) is 0 Å². The van der Waals surface area contributed by atoms with Crippen molar-refractivity contribution in [3.05, 3.63) is 18.2 Å². The molecule has 0 bridgehead atoms. The van der Waals surface area contributed by atoms with E-state index in [1.807, 2.05) is 6.07 Å². The average molecular weight is 248 g/mol. The van der Waals surface area contributed by atoms with E-state index in [-0.39, 0.29) is 5.54 Å². The molecule has 98 valence electrons. The van der Waals surface area contributed by atoms with Crippen molar-refractivity contribution >= 4 is 5.69 Å². The molecule has 1 aromatic rings. The van der Waals surface area contributed by atoms with Gasteiger partial charge in [-0.3, -0.25) is 0 Å². The minimum absolute atomic E-state index is 0.151. The molecule has 4 heteroatoms. The quantitative estimate of drug-likeness (QED) is 0.869. The lowest BCUT2D eigenvalue weighted by molar-refractivity contribution is 0.174. The van der Waals surface area contributed by atoms with Gasteiger partial charge in [0.25, 0.3) is 0 Å². The molecule has 0 aliphatic carbocycles. The van der Waals surface area contributed by atoms with Crippen LogP contribution in [0.3, 0.4) is 0 Å². The van der Waals surface area contributed by atoms with Crippen LogP contribution in [0.15, 0.2) is 18.2 Å². The maximum absolute atomic E-state index is 5.81. The lowest BCUT2D eigenvalue weighted by Gasteiger charge is -2.33. The largest absolute Gasteiger partial charge is 0.454 e. The van der Waals surface area contributed by atoms with Gasteiger partial charge in [0, 0.05) is 23.8 Å². The summed E-state index contributed by atoms with van der Waals surface area (Å²) in [6, 6.07) is 6.17. The highest BCUT2D eigenvalue weighted by Crippen LogP contribution is 2.41. The van der Waals surface area contributed by atoms with E-state index in [1.165, 1.54) is 5.69 Å². The number of ether oxygens (including phenoxy) is 2. The van der Waals surface area contributed by atoms with Crippen molar-refractivity contribution in [2.24, 2.45) is 11.7 Å². The van der Waals surface area contributed by atoms with Gasteiger partial charge in [-0.15, -0.1) is 0 Å². The Kier molecular flexibility index (Phi) is 2.63. The number of fused-ring (bicyclic) bond motifs is 1. The number of benzene rings is 1. The molecule has 2 aliphatic heterocycles. The number of nitrogens with zero attached hydrogens (tertiary/aromatic N) is 1. The molecule has 1 fully saturated rings. The van der Waals surface area contributed by atoms with Gasteiger partial charge in [-0.2, -0.15) is 0 Å². The predicted molar refractivity (Wildman–Crippen MR) is 71.2 cm³/mol. The van der Waals surface area contributed by atoms with Gasteiger partial charge in [0.2, 0.25) is 6.79 Å². The summed E-state index contributed by atoms with van der Waals surface area (Å²) in [7, 11) is 0. The van der Waals surface area contributed by atoms with E-state index >= 15 is 0 Å². The summed E-state index contributed by atoms with van der Waals surface area (Å²) in [5, 5.41) is 0. The molecule has 1 unspecified atom stereocenters. The molecular formula is C14H20N2O2. The summed E-state index contributed by atoms with van der Waals surface area (Å²) in [6.07, 6.45) is 1.14. The zero-order valence-corrected chi connectivity index (χ0v) is 11.0. The molecule has 0 amide bonds. The van der Waals surface area contributed by atoms with E-state index in [9.17, 15) is 0 Å². The van der Waals surface area contributed by atoms with Crippen LogP contribution in [0.4, 0.5) is 5.69 Å². The van der Waals surface area contributed by atoms with Gasteiger partial charge in [0.15, 0.2) is 11.5 Å². The third kappa shape index (κ3) is 1.81.